The minimum atomic E-state index is 0. The van der Waals surface area contributed by atoms with Gasteiger partial charge in [-0.25, -0.2) is 4.98 Å². The van der Waals surface area contributed by atoms with E-state index in [9.17, 15) is 0 Å². The first-order valence-electron chi connectivity index (χ1n) is 8.76. The highest BCUT2D eigenvalue weighted by Gasteiger charge is 2.06. The number of benzene rings is 1. The molecule has 2 N–H and O–H groups in total. The third-order valence-corrected chi connectivity index (χ3v) is 3.65. The molecule has 0 saturated heterocycles. The van der Waals surface area contributed by atoms with E-state index in [1.807, 2.05) is 12.1 Å². The first-order valence-corrected chi connectivity index (χ1v) is 8.76. The lowest BCUT2D eigenvalue weighted by molar-refractivity contribution is 0.572. The standard InChI is InChI=1S/C19H28N4O.HI/c1-4-6-12-21-19(20-5-2)22-13-11-17-14-24-18(23-17)16-9-7-15(3)8-10-16;/h7-10,14H,4-6,11-13H2,1-3H3,(H2,20,21,22);1H. The second kappa shape index (κ2) is 11.9. The maximum Gasteiger partial charge on any atom is 0.226 e. The Kier molecular flexibility index (Phi) is 10.2. The van der Waals surface area contributed by atoms with E-state index < -0.39 is 0 Å². The van der Waals surface area contributed by atoms with E-state index in [-0.39, 0.29) is 24.0 Å². The third-order valence-electron chi connectivity index (χ3n) is 3.65. The van der Waals surface area contributed by atoms with Crippen molar-refractivity contribution in [1.29, 1.82) is 0 Å². The molecular formula is C19H29IN4O. The van der Waals surface area contributed by atoms with Crippen molar-refractivity contribution >= 4 is 29.9 Å². The Morgan fingerprint density at radius 1 is 1.16 bits per heavy atom. The topological polar surface area (TPSA) is 62.5 Å². The average molecular weight is 456 g/mol. The Bertz CT molecular complexity index is 637. The van der Waals surface area contributed by atoms with Crippen LogP contribution in [0, 0.1) is 6.92 Å². The van der Waals surface area contributed by atoms with Crippen molar-refractivity contribution in [3.8, 4) is 11.5 Å². The van der Waals surface area contributed by atoms with E-state index in [0.717, 1.165) is 56.1 Å². The van der Waals surface area contributed by atoms with Gasteiger partial charge in [-0.15, -0.1) is 24.0 Å². The van der Waals surface area contributed by atoms with Gasteiger partial charge in [-0.2, -0.15) is 0 Å². The number of aliphatic imine (C=N–C) groups is 1. The van der Waals surface area contributed by atoms with Crippen LogP contribution in [0.5, 0.6) is 0 Å². The Balaban J connectivity index is 0.00000312. The SMILES string of the molecule is CCCCN=C(NCC)NCCc1coc(-c2ccc(C)cc2)n1.I. The fraction of sp³-hybridized carbons (Fsp3) is 0.474. The van der Waals surface area contributed by atoms with Crippen molar-refractivity contribution < 1.29 is 4.42 Å². The summed E-state index contributed by atoms with van der Waals surface area (Å²) in [5.41, 5.74) is 3.19. The highest BCUT2D eigenvalue weighted by atomic mass is 127. The molecule has 2 aromatic rings. The molecule has 0 amide bonds. The van der Waals surface area contributed by atoms with Crippen LogP contribution in [0.2, 0.25) is 0 Å². The van der Waals surface area contributed by atoms with E-state index in [4.69, 9.17) is 4.42 Å². The lowest BCUT2D eigenvalue weighted by Gasteiger charge is -2.10. The molecule has 0 radical (unpaired) electrons. The van der Waals surface area contributed by atoms with Gasteiger partial charge in [-0.3, -0.25) is 4.99 Å². The minimum absolute atomic E-state index is 0. The molecule has 138 valence electrons. The molecule has 1 aromatic heterocycles. The normalized spacial score (nSPS) is 11.1. The predicted molar refractivity (Wildman–Crippen MR) is 115 cm³/mol. The summed E-state index contributed by atoms with van der Waals surface area (Å²) in [4.78, 5) is 9.11. The maximum absolute atomic E-state index is 5.59. The molecule has 0 spiro atoms. The minimum Gasteiger partial charge on any atom is -0.444 e. The molecule has 0 bridgehead atoms. The first kappa shape index (κ1) is 21.5. The molecule has 0 unspecified atom stereocenters. The van der Waals surface area contributed by atoms with E-state index in [1.165, 1.54) is 5.56 Å². The average Bonchev–Trinajstić information content (AvgIpc) is 3.04. The number of hydrogen-bond donors (Lipinski definition) is 2. The van der Waals surface area contributed by atoms with Crippen molar-refractivity contribution in [2.75, 3.05) is 19.6 Å². The van der Waals surface area contributed by atoms with Crippen molar-refractivity contribution in [2.24, 2.45) is 4.99 Å². The maximum atomic E-state index is 5.59. The van der Waals surface area contributed by atoms with Crippen LogP contribution in [-0.4, -0.2) is 30.6 Å². The van der Waals surface area contributed by atoms with Crippen LogP contribution < -0.4 is 10.6 Å². The van der Waals surface area contributed by atoms with Crippen molar-refractivity contribution in [3.63, 3.8) is 0 Å². The monoisotopic (exact) mass is 456 g/mol. The number of hydrogen-bond acceptors (Lipinski definition) is 3. The molecule has 2 rings (SSSR count). The van der Waals surface area contributed by atoms with Crippen LogP contribution in [0.1, 0.15) is 37.9 Å². The smallest absolute Gasteiger partial charge is 0.226 e. The first-order chi connectivity index (χ1) is 11.7. The van der Waals surface area contributed by atoms with Crippen LogP contribution in [0.4, 0.5) is 0 Å². The molecule has 1 heterocycles. The van der Waals surface area contributed by atoms with Gasteiger partial charge in [0.2, 0.25) is 5.89 Å². The fourth-order valence-electron chi connectivity index (χ4n) is 2.25. The number of nitrogens with zero attached hydrogens (tertiary/aromatic N) is 2. The van der Waals surface area contributed by atoms with Gasteiger partial charge in [0.25, 0.3) is 0 Å². The van der Waals surface area contributed by atoms with Crippen molar-refractivity contribution in [2.45, 2.75) is 40.0 Å². The van der Waals surface area contributed by atoms with Crippen LogP contribution in [-0.2, 0) is 6.42 Å². The molecule has 0 aliphatic heterocycles. The quantitative estimate of drug-likeness (QED) is 0.271. The number of oxazole rings is 1. The van der Waals surface area contributed by atoms with E-state index in [1.54, 1.807) is 6.26 Å². The van der Waals surface area contributed by atoms with Gasteiger partial charge in [0.15, 0.2) is 5.96 Å². The molecule has 5 nitrogen and oxygen atoms in total. The highest BCUT2D eigenvalue weighted by Crippen LogP contribution is 2.19. The van der Waals surface area contributed by atoms with Crippen molar-refractivity contribution in [3.05, 3.63) is 41.8 Å². The lowest BCUT2D eigenvalue weighted by atomic mass is 10.1. The Morgan fingerprint density at radius 2 is 1.92 bits per heavy atom. The molecular weight excluding hydrogens is 427 g/mol. The number of aryl methyl sites for hydroxylation is 1. The Morgan fingerprint density at radius 3 is 2.60 bits per heavy atom. The molecule has 0 atom stereocenters. The van der Waals surface area contributed by atoms with Crippen LogP contribution in [0.25, 0.3) is 11.5 Å². The van der Waals surface area contributed by atoms with Gasteiger partial charge >= 0.3 is 0 Å². The van der Waals surface area contributed by atoms with Crippen LogP contribution in [0.3, 0.4) is 0 Å². The number of rotatable bonds is 8. The number of unbranched alkanes of at least 4 members (excludes halogenated alkanes) is 1. The molecule has 25 heavy (non-hydrogen) atoms. The number of aromatic nitrogens is 1. The number of guanidine groups is 1. The van der Waals surface area contributed by atoms with E-state index in [2.05, 4.69) is 53.5 Å². The third kappa shape index (κ3) is 7.46. The van der Waals surface area contributed by atoms with Crippen LogP contribution in [0.15, 0.2) is 39.9 Å². The molecule has 0 aliphatic carbocycles. The van der Waals surface area contributed by atoms with Crippen molar-refractivity contribution in [1.82, 2.24) is 15.6 Å². The van der Waals surface area contributed by atoms with E-state index in [0.29, 0.717) is 5.89 Å². The summed E-state index contributed by atoms with van der Waals surface area (Å²) in [5.74, 6) is 1.54. The summed E-state index contributed by atoms with van der Waals surface area (Å²) in [7, 11) is 0. The van der Waals surface area contributed by atoms with Gasteiger partial charge in [0.05, 0.1) is 5.69 Å². The zero-order valence-electron chi connectivity index (χ0n) is 15.3. The highest BCUT2D eigenvalue weighted by molar-refractivity contribution is 14.0. The lowest BCUT2D eigenvalue weighted by Crippen LogP contribution is -2.38. The summed E-state index contributed by atoms with van der Waals surface area (Å²) >= 11 is 0. The summed E-state index contributed by atoms with van der Waals surface area (Å²) in [6.07, 6.45) is 4.80. The molecule has 6 heteroatoms. The zero-order valence-corrected chi connectivity index (χ0v) is 17.7. The number of halogens is 1. The second-order valence-electron chi connectivity index (χ2n) is 5.80. The Hall–Kier alpha value is -1.57. The van der Waals surface area contributed by atoms with Crippen LogP contribution >= 0.6 is 24.0 Å². The van der Waals surface area contributed by atoms with Gasteiger partial charge in [-0.05, 0) is 32.4 Å². The summed E-state index contributed by atoms with van der Waals surface area (Å²) in [5, 5.41) is 6.60. The predicted octanol–water partition coefficient (Wildman–Crippen LogP) is 4.17. The molecule has 0 fully saturated rings. The fourth-order valence-corrected chi connectivity index (χ4v) is 2.25. The molecule has 0 aliphatic rings. The molecule has 0 saturated carbocycles. The second-order valence-corrected chi connectivity index (χ2v) is 5.80. The largest absolute Gasteiger partial charge is 0.444 e. The number of nitrogens with one attached hydrogen (secondary N) is 2. The molecule has 1 aromatic carbocycles. The van der Waals surface area contributed by atoms with E-state index >= 15 is 0 Å². The van der Waals surface area contributed by atoms with Gasteiger partial charge in [0.1, 0.15) is 6.26 Å². The summed E-state index contributed by atoms with van der Waals surface area (Å²) < 4.78 is 5.59. The van der Waals surface area contributed by atoms with Gasteiger partial charge < -0.3 is 15.1 Å². The zero-order chi connectivity index (χ0) is 17.2. The van der Waals surface area contributed by atoms with Gasteiger partial charge in [-0.1, -0.05) is 31.0 Å². The van der Waals surface area contributed by atoms with Gasteiger partial charge in [0, 0.05) is 31.6 Å². The summed E-state index contributed by atoms with van der Waals surface area (Å²) in [6, 6.07) is 8.20. The Labute approximate surface area is 167 Å². The summed E-state index contributed by atoms with van der Waals surface area (Å²) in [6.45, 7) is 8.81.